The summed E-state index contributed by atoms with van der Waals surface area (Å²) < 4.78 is 15.7. The van der Waals surface area contributed by atoms with Gasteiger partial charge in [-0.05, 0) is 47.0 Å². The third-order valence-corrected chi connectivity index (χ3v) is 5.27. The van der Waals surface area contributed by atoms with Gasteiger partial charge in [0, 0.05) is 18.9 Å². The zero-order valence-electron chi connectivity index (χ0n) is 19.6. The van der Waals surface area contributed by atoms with Crippen molar-refractivity contribution in [1.82, 2.24) is 10.3 Å². The minimum Gasteiger partial charge on any atom is -0.493 e. The van der Waals surface area contributed by atoms with Gasteiger partial charge in [0.25, 0.3) is 5.91 Å². The van der Waals surface area contributed by atoms with Crippen LogP contribution in [0.15, 0.2) is 78.1 Å². The number of esters is 1. The highest BCUT2D eigenvalue weighted by Crippen LogP contribution is 2.37. The van der Waals surface area contributed by atoms with E-state index in [-0.39, 0.29) is 22.7 Å². The van der Waals surface area contributed by atoms with Gasteiger partial charge in [-0.25, -0.2) is 4.79 Å². The van der Waals surface area contributed by atoms with Crippen molar-refractivity contribution >= 4 is 35.6 Å². The third-order valence-electron chi connectivity index (χ3n) is 4.99. The van der Waals surface area contributed by atoms with Gasteiger partial charge in [-0.1, -0.05) is 48.0 Å². The summed E-state index contributed by atoms with van der Waals surface area (Å²) in [5, 5.41) is 3.14. The van der Waals surface area contributed by atoms with Crippen molar-refractivity contribution in [3.05, 3.63) is 99.9 Å². The second-order valence-electron chi connectivity index (χ2n) is 7.30. The molecule has 1 heterocycles. The van der Waals surface area contributed by atoms with Gasteiger partial charge in [0.2, 0.25) is 0 Å². The van der Waals surface area contributed by atoms with Crippen molar-refractivity contribution < 1.29 is 23.8 Å². The van der Waals surface area contributed by atoms with E-state index in [1.54, 1.807) is 36.7 Å². The van der Waals surface area contributed by atoms with Crippen LogP contribution in [0.3, 0.4) is 0 Å². The summed E-state index contributed by atoms with van der Waals surface area (Å²) in [7, 11) is 4.22. The molecule has 2 aromatic carbocycles. The van der Waals surface area contributed by atoms with Crippen molar-refractivity contribution in [3.8, 4) is 11.5 Å². The molecule has 8 heteroatoms. The summed E-state index contributed by atoms with van der Waals surface area (Å²) >= 11 is 6.35. The third kappa shape index (κ3) is 6.71. The zero-order chi connectivity index (χ0) is 25.2. The summed E-state index contributed by atoms with van der Waals surface area (Å²) in [5.74, 6) is -0.402. The minimum absolute atomic E-state index is 0.0447. The van der Waals surface area contributed by atoms with Crippen LogP contribution in [0.25, 0.3) is 12.2 Å². The van der Waals surface area contributed by atoms with Crippen molar-refractivity contribution in [1.29, 1.82) is 0 Å². The number of carbonyl (C=O) groups excluding carboxylic acids is 2. The predicted molar refractivity (Wildman–Crippen MR) is 135 cm³/mol. The van der Waals surface area contributed by atoms with Gasteiger partial charge in [0.15, 0.2) is 11.5 Å². The molecule has 0 spiro atoms. The van der Waals surface area contributed by atoms with E-state index in [0.29, 0.717) is 17.1 Å². The lowest BCUT2D eigenvalue weighted by molar-refractivity contribution is -0.136. The number of aromatic nitrogens is 1. The molecule has 1 amide bonds. The monoisotopic (exact) mass is 492 g/mol. The first-order chi connectivity index (χ1) is 17.0. The van der Waals surface area contributed by atoms with Crippen LogP contribution in [0.1, 0.15) is 16.7 Å². The van der Waals surface area contributed by atoms with E-state index in [2.05, 4.69) is 10.3 Å². The fraction of sp³-hybridized carbons (Fsp3) is 0.148. The van der Waals surface area contributed by atoms with Crippen LogP contribution in [0.2, 0.25) is 5.02 Å². The van der Waals surface area contributed by atoms with Gasteiger partial charge in [0.1, 0.15) is 0 Å². The van der Waals surface area contributed by atoms with Crippen molar-refractivity contribution in [2.24, 2.45) is 0 Å². The van der Waals surface area contributed by atoms with E-state index in [1.807, 2.05) is 36.4 Å². The Kier molecular flexibility index (Phi) is 9.03. The highest BCUT2D eigenvalue weighted by Gasteiger charge is 2.23. The lowest BCUT2D eigenvalue weighted by Gasteiger charge is -2.14. The quantitative estimate of drug-likeness (QED) is 0.264. The second-order valence-corrected chi connectivity index (χ2v) is 7.71. The average molecular weight is 493 g/mol. The first kappa shape index (κ1) is 25.5. The Morgan fingerprint density at radius 3 is 2.31 bits per heavy atom. The van der Waals surface area contributed by atoms with Gasteiger partial charge in [-0.2, -0.15) is 0 Å². The first-order valence-electron chi connectivity index (χ1n) is 10.6. The van der Waals surface area contributed by atoms with Crippen LogP contribution in [-0.4, -0.2) is 38.2 Å². The van der Waals surface area contributed by atoms with Crippen molar-refractivity contribution in [2.75, 3.05) is 21.3 Å². The number of ether oxygens (including phenoxy) is 3. The fourth-order valence-corrected chi connectivity index (χ4v) is 3.60. The van der Waals surface area contributed by atoms with Crippen molar-refractivity contribution in [3.63, 3.8) is 0 Å². The minimum atomic E-state index is -0.686. The number of pyridine rings is 1. The Balaban J connectivity index is 2.09. The molecular weight excluding hydrogens is 468 g/mol. The number of benzene rings is 2. The molecule has 0 radical (unpaired) electrons. The highest BCUT2D eigenvalue weighted by molar-refractivity contribution is 6.32. The number of hydrogen-bond acceptors (Lipinski definition) is 6. The maximum atomic E-state index is 13.3. The molecule has 3 aromatic rings. The molecule has 0 fully saturated rings. The second kappa shape index (κ2) is 12.4. The number of nitrogens with zero attached hydrogens (tertiary/aromatic N) is 1. The lowest BCUT2D eigenvalue weighted by Crippen LogP contribution is -2.27. The largest absolute Gasteiger partial charge is 0.493 e. The van der Waals surface area contributed by atoms with E-state index in [9.17, 15) is 9.59 Å². The molecule has 3 rings (SSSR count). The molecule has 0 bridgehead atoms. The van der Waals surface area contributed by atoms with Gasteiger partial charge in [-0.3, -0.25) is 9.78 Å². The maximum absolute atomic E-state index is 13.3. The van der Waals surface area contributed by atoms with E-state index >= 15 is 0 Å². The molecule has 0 atom stereocenters. The molecule has 0 aliphatic carbocycles. The van der Waals surface area contributed by atoms with Gasteiger partial charge in [0.05, 0.1) is 37.5 Å². The van der Waals surface area contributed by atoms with Crippen LogP contribution in [-0.2, 0) is 20.9 Å². The average Bonchev–Trinajstić information content (AvgIpc) is 2.89. The molecule has 180 valence electrons. The number of nitrogens with one attached hydrogen (secondary N) is 1. The van der Waals surface area contributed by atoms with Crippen LogP contribution < -0.4 is 14.8 Å². The Labute approximate surface area is 209 Å². The molecule has 0 aliphatic heterocycles. The topological polar surface area (TPSA) is 86.8 Å². The molecular formula is C27H25ClN2O5. The summed E-state index contributed by atoms with van der Waals surface area (Å²) in [6.07, 6.45) is 6.46. The van der Waals surface area contributed by atoms with Crippen LogP contribution >= 0.6 is 11.6 Å². The van der Waals surface area contributed by atoms with Gasteiger partial charge < -0.3 is 19.5 Å². The summed E-state index contributed by atoms with van der Waals surface area (Å²) in [4.78, 5) is 30.3. The molecule has 7 nitrogen and oxygen atoms in total. The number of amides is 1. The Morgan fingerprint density at radius 1 is 0.943 bits per heavy atom. The van der Waals surface area contributed by atoms with E-state index < -0.39 is 11.9 Å². The smallest absolute Gasteiger partial charge is 0.338 e. The molecule has 0 aliphatic rings. The summed E-state index contributed by atoms with van der Waals surface area (Å²) in [6.45, 7) is 0.232. The number of methoxy groups -OCH3 is 3. The first-order valence-corrected chi connectivity index (χ1v) is 11.0. The normalized spacial score (nSPS) is 11.5. The Morgan fingerprint density at radius 2 is 1.69 bits per heavy atom. The SMILES string of the molecule is COC(=O)C(=Cc1cc(Cl)c(OC)c(OC)c1)C(=Cc1ccccc1)C(=O)NCc1cccnc1. The highest BCUT2D eigenvalue weighted by atomic mass is 35.5. The van der Waals surface area contributed by atoms with Crippen LogP contribution in [0.4, 0.5) is 0 Å². The van der Waals surface area contributed by atoms with Gasteiger partial charge >= 0.3 is 5.97 Å². The zero-order valence-corrected chi connectivity index (χ0v) is 20.3. The predicted octanol–water partition coefficient (Wildman–Crippen LogP) is 4.71. The van der Waals surface area contributed by atoms with Crippen LogP contribution in [0, 0.1) is 0 Å². The van der Waals surface area contributed by atoms with Crippen LogP contribution in [0.5, 0.6) is 11.5 Å². The molecule has 1 N–H and O–H groups in total. The van der Waals surface area contributed by atoms with E-state index in [4.69, 9.17) is 25.8 Å². The molecule has 0 unspecified atom stereocenters. The molecule has 0 saturated heterocycles. The molecule has 0 saturated carbocycles. The summed E-state index contributed by atoms with van der Waals surface area (Å²) in [6, 6.07) is 16.1. The molecule has 1 aromatic heterocycles. The van der Waals surface area contributed by atoms with E-state index in [1.165, 1.54) is 27.4 Å². The molecule has 35 heavy (non-hydrogen) atoms. The van der Waals surface area contributed by atoms with Gasteiger partial charge in [-0.15, -0.1) is 0 Å². The van der Waals surface area contributed by atoms with E-state index in [0.717, 1.165) is 11.1 Å². The number of hydrogen-bond donors (Lipinski definition) is 1. The number of rotatable bonds is 9. The fourth-order valence-electron chi connectivity index (χ4n) is 3.31. The Bertz CT molecular complexity index is 1240. The Hall–Kier alpha value is -4.10. The number of carbonyl (C=O) groups is 2. The lowest BCUT2D eigenvalue weighted by atomic mass is 9.99. The summed E-state index contributed by atoms with van der Waals surface area (Å²) in [5.41, 5.74) is 2.24. The number of halogens is 1. The maximum Gasteiger partial charge on any atom is 0.338 e. The van der Waals surface area contributed by atoms with Crippen molar-refractivity contribution in [2.45, 2.75) is 6.54 Å². The standard InChI is InChI=1S/C27H25ClN2O5/c1-33-24-15-20(14-23(28)25(24)34-2)13-22(27(32)35-3)21(12-18-8-5-4-6-9-18)26(31)30-17-19-10-7-11-29-16-19/h4-16H,17H2,1-3H3,(H,30,31).